The van der Waals surface area contributed by atoms with Crippen molar-refractivity contribution in [2.75, 3.05) is 13.1 Å². The molecule has 98 valence electrons. The molecule has 3 nitrogen and oxygen atoms in total. The molecule has 0 bridgehead atoms. The summed E-state index contributed by atoms with van der Waals surface area (Å²) in [4.78, 5) is 14.1. The van der Waals surface area contributed by atoms with Gasteiger partial charge in [0.1, 0.15) is 5.82 Å². The van der Waals surface area contributed by atoms with Gasteiger partial charge in [-0.2, -0.15) is 0 Å². The number of piperidine rings is 1. The lowest BCUT2D eigenvalue weighted by Gasteiger charge is -2.37. The fourth-order valence-corrected chi connectivity index (χ4v) is 2.45. The normalized spacial score (nSPS) is 24.1. The lowest BCUT2D eigenvalue weighted by Crippen LogP contribution is -2.47. The third-order valence-electron chi connectivity index (χ3n) is 3.68. The van der Waals surface area contributed by atoms with Crippen LogP contribution in [0.1, 0.15) is 30.1 Å². The summed E-state index contributed by atoms with van der Waals surface area (Å²) in [6.07, 6.45) is 1.97. The molecule has 1 aliphatic heterocycles. The summed E-state index contributed by atoms with van der Waals surface area (Å²) in [7, 11) is 0. The van der Waals surface area contributed by atoms with E-state index in [0.29, 0.717) is 19.0 Å². The molecule has 1 heterocycles. The van der Waals surface area contributed by atoms with Crippen LogP contribution in [-0.4, -0.2) is 29.9 Å². The molecule has 4 heteroatoms. The number of nitrogens with zero attached hydrogens (tertiary/aromatic N) is 1. The molecule has 0 aromatic heterocycles. The van der Waals surface area contributed by atoms with E-state index >= 15 is 0 Å². The summed E-state index contributed by atoms with van der Waals surface area (Å²) >= 11 is 0. The zero-order chi connectivity index (χ0) is 13.1. The molecule has 1 aromatic rings. The molecule has 0 spiro atoms. The van der Waals surface area contributed by atoms with Crippen molar-refractivity contribution in [3.63, 3.8) is 0 Å². The van der Waals surface area contributed by atoms with Crippen LogP contribution in [0, 0.1) is 11.7 Å². The summed E-state index contributed by atoms with van der Waals surface area (Å²) in [5.41, 5.74) is 5.82. The molecular weight excluding hydrogens is 231 g/mol. The maximum absolute atomic E-state index is 13.6. The predicted octanol–water partition coefficient (Wildman–Crippen LogP) is 2.03. The number of carbonyl (C=O) groups excluding carboxylic acids is 1. The minimum atomic E-state index is -0.454. The molecule has 0 aliphatic carbocycles. The number of benzene rings is 1. The van der Waals surface area contributed by atoms with E-state index in [2.05, 4.69) is 0 Å². The molecule has 1 aromatic carbocycles. The van der Waals surface area contributed by atoms with Gasteiger partial charge in [-0.1, -0.05) is 12.1 Å². The van der Waals surface area contributed by atoms with Gasteiger partial charge in [-0.15, -0.1) is 0 Å². The summed E-state index contributed by atoms with van der Waals surface area (Å²) in [5, 5.41) is 0. The Morgan fingerprint density at radius 2 is 2.17 bits per heavy atom. The smallest absolute Gasteiger partial charge is 0.257 e. The van der Waals surface area contributed by atoms with Crippen LogP contribution in [0.2, 0.25) is 0 Å². The maximum Gasteiger partial charge on any atom is 0.257 e. The highest BCUT2D eigenvalue weighted by Gasteiger charge is 2.29. The lowest BCUT2D eigenvalue weighted by molar-refractivity contribution is 0.0562. The second-order valence-electron chi connectivity index (χ2n) is 4.97. The molecule has 2 rings (SSSR count). The molecule has 1 amide bonds. The Labute approximate surface area is 107 Å². The van der Waals surface area contributed by atoms with Crippen LogP contribution in [0.25, 0.3) is 0 Å². The first-order valence-electron chi connectivity index (χ1n) is 6.39. The van der Waals surface area contributed by atoms with E-state index in [4.69, 9.17) is 5.73 Å². The van der Waals surface area contributed by atoms with Crippen LogP contribution < -0.4 is 5.73 Å². The quantitative estimate of drug-likeness (QED) is 0.873. The first kappa shape index (κ1) is 13.0. The Hall–Kier alpha value is -1.42. The van der Waals surface area contributed by atoms with Gasteiger partial charge in [0.2, 0.25) is 0 Å². The number of nitrogens with two attached hydrogens (primary N) is 1. The summed E-state index contributed by atoms with van der Waals surface area (Å²) in [5.74, 6) is -0.347. The van der Waals surface area contributed by atoms with E-state index in [1.165, 1.54) is 12.1 Å². The number of carbonyl (C=O) groups is 1. The van der Waals surface area contributed by atoms with Gasteiger partial charge in [0.25, 0.3) is 5.91 Å². The standard InChI is InChI=1S/C14H19FN2O/c1-10-6-7-11(8-16)9-17(10)14(18)12-4-2-3-5-13(12)15/h2-5,10-11H,6-9,16H2,1H3. The number of rotatable bonds is 2. The predicted molar refractivity (Wildman–Crippen MR) is 68.7 cm³/mol. The molecule has 0 saturated carbocycles. The molecule has 2 unspecified atom stereocenters. The van der Waals surface area contributed by atoms with E-state index in [1.54, 1.807) is 17.0 Å². The molecule has 18 heavy (non-hydrogen) atoms. The zero-order valence-electron chi connectivity index (χ0n) is 10.6. The van der Waals surface area contributed by atoms with Gasteiger partial charge in [-0.25, -0.2) is 4.39 Å². The molecule has 0 radical (unpaired) electrons. The molecule has 2 N–H and O–H groups in total. The van der Waals surface area contributed by atoms with Gasteiger partial charge in [-0.3, -0.25) is 4.79 Å². The van der Waals surface area contributed by atoms with Gasteiger partial charge >= 0.3 is 0 Å². The van der Waals surface area contributed by atoms with Gasteiger partial charge < -0.3 is 10.6 Å². The molecule has 1 fully saturated rings. The Morgan fingerprint density at radius 1 is 1.44 bits per heavy atom. The number of likely N-dealkylation sites (tertiary alicyclic amines) is 1. The van der Waals surface area contributed by atoms with Gasteiger partial charge in [0.15, 0.2) is 0 Å². The van der Waals surface area contributed by atoms with Crippen molar-refractivity contribution < 1.29 is 9.18 Å². The van der Waals surface area contributed by atoms with E-state index in [-0.39, 0.29) is 17.5 Å². The van der Waals surface area contributed by atoms with Crippen LogP contribution in [0.4, 0.5) is 4.39 Å². The van der Waals surface area contributed by atoms with E-state index < -0.39 is 5.82 Å². The largest absolute Gasteiger partial charge is 0.336 e. The van der Waals surface area contributed by atoms with Crippen molar-refractivity contribution in [3.8, 4) is 0 Å². The van der Waals surface area contributed by atoms with Crippen LogP contribution in [0.15, 0.2) is 24.3 Å². The highest BCUT2D eigenvalue weighted by Crippen LogP contribution is 2.23. The fraction of sp³-hybridized carbons (Fsp3) is 0.500. The highest BCUT2D eigenvalue weighted by atomic mass is 19.1. The Balaban J connectivity index is 2.19. The van der Waals surface area contributed by atoms with Crippen molar-refractivity contribution in [2.24, 2.45) is 11.7 Å². The first-order valence-corrected chi connectivity index (χ1v) is 6.39. The number of halogens is 1. The minimum absolute atomic E-state index is 0.153. The topological polar surface area (TPSA) is 46.3 Å². The number of hydrogen-bond donors (Lipinski definition) is 1. The second kappa shape index (κ2) is 5.48. The van der Waals surface area contributed by atoms with Crippen molar-refractivity contribution in [3.05, 3.63) is 35.6 Å². The molecular formula is C14H19FN2O. The third kappa shape index (κ3) is 2.53. The maximum atomic E-state index is 13.6. The van der Waals surface area contributed by atoms with E-state index in [0.717, 1.165) is 12.8 Å². The Morgan fingerprint density at radius 3 is 2.83 bits per heavy atom. The lowest BCUT2D eigenvalue weighted by atomic mass is 9.93. The van der Waals surface area contributed by atoms with Crippen LogP contribution in [0.3, 0.4) is 0 Å². The summed E-state index contributed by atoms with van der Waals surface area (Å²) < 4.78 is 13.6. The Bertz CT molecular complexity index is 436. The van der Waals surface area contributed by atoms with Crippen molar-refractivity contribution in [1.29, 1.82) is 0 Å². The van der Waals surface area contributed by atoms with Gasteiger partial charge in [0, 0.05) is 12.6 Å². The third-order valence-corrected chi connectivity index (χ3v) is 3.68. The minimum Gasteiger partial charge on any atom is -0.336 e. The van der Waals surface area contributed by atoms with Crippen LogP contribution in [-0.2, 0) is 0 Å². The first-order chi connectivity index (χ1) is 8.63. The average Bonchev–Trinajstić information content (AvgIpc) is 2.39. The van der Waals surface area contributed by atoms with Gasteiger partial charge in [0.05, 0.1) is 5.56 Å². The second-order valence-corrected chi connectivity index (χ2v) is 4.97. The van der Waals surface area contributed by atoms with Crippen molar-refractivity contribution >= 4 is 5.91 Å². The zero-order valence-corrected chi connectivity index (χ0v) is 10.6. The number of amides is 1. The van der Waals surface area contributed by atoms with Gasteiger partial charge in [-0.05, 0) is 44.4 Å². The SMILES string of the molecule is CC1CCC(CN)CN1C(=O)c1ccccc1F. The molecule has 1 aliphatic rings. The Kier molecular flexibility index (Phi) is 3.97. The summed E-state index contributed by atoms with van der Waals surface area (Å²) in [6, 6.07) is 6.29. The van der Waals surface area contributed by atoms with Crippen molar-refractivity contribution in [2.45, 2.75) is 25.8 Å². The average molecular weight is 250 g/mol. The fourth-order valence-electron chi connectivity index (χ4n) is 2.45. The molecule has 2 atom stereocenters. The van der Waals surface area contributed by atoms with Crippen LogP contribution in [0.5, 0.6) is 0 Å². The summed E-state index contributed by atoms with van der Waals surface area (Å²) in [6.45, 7) is 3.21. The van der Waals surface area contributed by atoms with Crippen LogP contribution >= 0.6 is 0 Å². The number of hydrogen-bond acceptors (Lipinski definition) is 2. The molecule has 1 saturated heterocycles. The van der Waals surface area contributed by atoms with E-state index in [9.17, 15) is 9.18 Å². The monoisotopic (exact) mass is 250 g/mol. The van der Waals surface area contributed by atoms with E-state index in [1.807, 2.05) is 6.92 Å². The van der Waals surface area contributed by atoms with Crippen molar-refractivity contribution in [1.82, 2.24) is 4.90 Å². The highest BCUT2D eigenvalue weighted by molar-refractivity contribution is 5.94.